The van der Waals surface area contributed by atoms with Gasteiger partial charge in [0.1, 0.15) is 17.8 Å². The highest BCUT2D eigenvalue weighted by Crippen LogP contribution is 2.25. The molecule has 37 heavy (non-hydrogen) atoms. The van der Waals surface area contributed by atoms with Crippen LogP contribution in [0.1, 0.15) is 11.1 Å². The first-order chi connectivity index (χ1) is 17.7. The number of anilines is 1. The van der Waals surface area contributed by atoms with Crippen LogP contribution < -0.4 is 20.2 Å². The second-order valence-electron chi connectivity index (χ2n) is 7.70. The van der Waals surface area contributed by atoms with Crippen molar-refractivity contribution in [2.24, 2.45) is 5.10 Å². The van der Waals surface area contributed by atoms with Gasteiger partial charge in [0.05, 0.1) is 24.7 Å². The van der Waals surface area contributed by atoms with Crippen LogP contribution in [0, 0.1) is 6.92 Å². The van der Waals surface area contributed by atoms with Crippen LogP contribution in [-0.2, 0) is 0 Å². The number of nitrogens with zero attached hydrogens (tertiary/aromatic N) is 4. The van der Waals surface area contributed by atoms with Crippen LogP contribution in [0.2, 0.25) is 0 Å². The maximum atomic E-state index is 12.3. The Morgan fingerprint density at radius 2 is 1.78 bits per heavy atom. The number of nitrogens with one attached hydrogen (secondary N) is 2. The minimum absolute atomic E-state index is 0.308. The van der Waals surface area contributed by atoms with Gasteiger partial charge < -0.3 is 14.8 Å². The standard InChI is InChI=1S/C25H21F3N6O2S/c1-16-3-12-21(22(13-16)35-2)31-24(37)32-30-14-17-4-6-18(7-5-17)23-29-15-34(33-23)19-8-10-20(11-9-19)36-25(26,27)28/h3-15H,1-2H3,(H2,31,32,37). The summed E-state index contributed by atoms with van der Waals surface area (Å²) in [5.74, 6) is 0.816. The average molecular weight is 527 g/mol. The van der Waals surface area contributed by atoms with E-state index in [2.05, 4.69) is 30.7 Å². The van der Waals surface area contributed by atoms with Gasteiger partial charge in [0.15, 0.2) is 10.9 Å². The van der Waals surface area contributed by atoms with Crippen molar-refractivity contribution in [1.82, 2.24) is 20.2 Å². The summed E-state index contributed by atoms with van der Waals surface area (Å²) >= 11 is 5.28. The molecule has 0 bridgehead atoms. The predicted molar refractivity (Wildman–Crippen MR) is 138 cm³/mol. The van der Waals surface area contributed by atoms with Crippen molar-refractivity contribution in [2.75, 3.05) is 12.4 Å². The number of hydrogen-bond donors (Lipinski definition) is 2. The minimum atomic E-state index is -4.74. The quantitative estimate of drug-likeness (QED) is 0.188. The van der Waals surface area contributed by atoms with Crippen LogP contribution in [0.5, 0.6) is 11.5 Å². The zero-order valence-electron chi connectivity index (χ0n) is 19.7. The average Bonchev–Trinajstić information content (AvgIpc) is 3.35. The highest BCUT2D eigenvalue weighted by Gasteiger charge is 2.31. The summed E-state index contributed by atoms with van der Waals surface area (Å²) in [6, 6.07) is 18.4. The largest absolute Gasteiger partial charge is 0.573 e. The summed E-state index contributed by atoms with van der Waals surface area (Å²) in [4.78, 5) is 4.28. The molecular weight excluding hydrogens is 505 g/mol. The molecule has 0 fully saturated rings. The summed E-state index contributed by atoms with van der Waals surface area (Å²) in [7, 11) is 1.59. The Morgan fingerprint density at radius 1 is 1.05 bits per heavy atom. The fourth-order valence-corrected chi connectivity index (χ4v) is 3.42. The van der Waals surface area contributed by atoms with E-state index in [-0.39, 0.29) is 5.75 Å². The third kappa shape index (κ3) is 7.04. The minimum Gasteiger partial charge on any atom is -0.495 e. The van der Waals surface area contributed by atoms with E-state index in [1.54, 1.807) is 13.3 Å². The number of methoxy groups -OCH3 is 1. The van der Waals surface area contributed by atoms with Gasteiger partial charge >= 0.3 is 6.36 Å². The maximum absolute atomic E-state index is 12.3. The van der Waals surface area contributed by atoms with E-state index in [4.69, 9.17) is 17.0 Å². The highest BCUT2D eigenvalue weighted by atomic mass is 32.1. The third-order valence-electron chi connectivity index (χ3n) is 4.98. The number of ether oxygens (including phenoxy) is 2. The Bertz CT molecular complexity index is 1400. The molecule has 12 heteroatoms. The van der Waals surface area contributed by atoms with Crippen LogP contribution >= 0.6 is 12.2 Å². The van der Waals surface area contributed by atoms with E-state index >= 15 is 0 Å². The number of hydrogen-bond acceptors (Lipinski definition) is 6. The molecular formula is C25H21F3N6O2S. The Hall–Kier alpha value is -4.45. The maximum Gasteiger partial charge on any atom is 0.573 e. The number of aryl methyl sites for hydroxylation is 1. The van der Waals surface area contributed by atoms with E-state index < -0.39 is 6.36 Å². The summed E-state index contributed by atoms with van der Waals surface area (Å²) in [5, 5.41) is 11.9. The van der Waals surface area contributed by atoms with Crippen LogP contribution in [0.15, 0.2) is 78.2 Å². The van der Waals surface area contributed by atoms with Gasteiger partial charge in [-0.3, -0.25) is 5.43 Å². The predicted octanol–water partition coefficient (Wildman–Crippen LogP) is 5.47. The Morgan fingerprint density at radius 3 is 2.46 bits per heavy atom. The molecule has 0 unspecified atom stereocenters. The van der Waals surface area contributed by atoms with Gasteiger partial charge in [-0.25, -0.2) is 9.67 Å². The highest BCUT2D eigenvalue weighted by molar-refractivity contribution is 7.80. The van der Waals surface area contributed by atoms with Crippen molar-refractivity contribution in [1.29, 1.82) is 0 Å². The smallest absolute Gasteiger partial charge is 0.495 e. The molecule has 8 nitrogen and oxygen atoms in total. The molecule has 4 rings (SSSR count). The molecule has 0 atom stereocenters. The van der Waals surface area contributed by atoms with Crippen molar-refractivity contribution in [3.63, 3.8) is 0 Å². The van der Waals surface area contributed by atoms with Crippen LogP contribution in [0.4, 0.5) is 18.9 Å². The SMILES string of the molecule is COc1cc(C)ccc1NC(=S)NN=Cc1ccc(-c2ncn(-c3ccc(OC(F)(F)F)cc3)n2)cc1. The van der Waals surface area contributed by atoms with E-state index in [0.717, 1.165) is 22.4 Å². The zero-order chi connectivity index (χ0) is 26.4. The van der Waals surface area contributed by atoms with Gasteiger partial charge in [0.25, 0.3) is 0 Å². The fraction of sp³-hybridized carbons (Fsp3) is 0.120. The summed E-state index contributed by atoms with van der Waals surface area (Å²) in [6.07, 6.45) is -1.65. The van der Waals surface area contributed by atoms with Gasteiger partial charge in [0.2, 0.25) is 0 Å². The van der Waals surface area contributed by atoms with Crippen molar-refractivity contribution >= 4 is 29.2 Å². The molecule has 0 radical (unpaired) electrons. The molecule has 0 amide bonds. The van der Waals surface area contributed by atoms with Crippen molar-refractivity contribution in [3.05, 3.63) is 84.2 Å². The van der Waals surface area contributed by atoms with Crippen molar-refractivity contribution in [3.8, 4) is 28.6 Å². The van der Waals surface area contributed by atoms with Crippen LogP contribution in [-0.4, -0.2) is 39.6 Å². The first-order valence-electron chi connectivity index (χ1n) is 10.8. The monoisotopic (exact) mass is 526 g/mol. The van der Waals surface area contributed by atoms with Crippen molar-refractivity contribution < 1.29 is 22.6 Å². The lowest BCUT2D eigenvalue weighted by molar-refractivity contribution is -0.274. The normalized spacial score (nSPS) is 11.4. The molecule has 1 heterocycles. The van der Waals surface area contributed by atoms with Gasteiger partial charge in [0, 0.05) is 5.56 Å². The van der Waals surface area contributed by atoms with E-state index in [1.165, 1.54) is 35.3 Å². The lowest BCUT2D eigenvalue weighted by atomic mass is 10.1. The number of hydrazone groups is 1. The molecule has 0 spiro atoms. The number of aromatic nitrogens is 3. The summed E-state index contributed by atoms with van der Waals surface area (Å²) in [6.45, 7) is 1.97. The van der Waals surface area contributed by atoms with Gasteiger partial charge in [-0.2, -0.15) is 5.10 Å². The molecule has 4 aromatic rings. The molecule has 190 valence electrons. The second-order valence-corrected chi connectivity index (χ2v) is 8.11. The molecule has 0 saturated carbocycles. The Balaban J connectivity index is 1.34. The molecule has 0 aliphatic carbocycles. The lowest BCUT2D eigenvalue weighted by Crippen LogP contribution is -2.24. The first-order valence-corrected chi connectivity index (χ1v) is 11.2. The first kappa shape index (κ1) is 25.6. The van der Waals surface area contributed by atoms with Gasteiger partial charge in [-0.05, 0) is 66.7 Å². The number of alkyl halides is 3. The molecule has 0 aliphatic heterocycles. The summed E-state index contributed by atoms with van der Waals surface area (Å²) in [5.41, 5.74) is 6.66. The number of thiocarbonyl (C=S) groups is 1. The summed E-state index contributed by atoms with van der Waals surface area (Å²) < 4.78 is 47.7. The van der Waals surface area contributed by atoms with Gasteiger partial charge in [-0.1, -0.05) is 30.3 Å². The second kappa shape index (κ2) is 11.1. The molecule has 2 N–H and O–H groups in total. The van der Waals surface area contributed by atoms with Crippen LogP contribution in [0.25, 0.3) is 17.1 Å². The third-order valence-corrected chi connectivity index (χ3v) is 5.17. The fourth-order valence-electron chi connectivity index (χ4n) is 3.26. The molecule has 0 saturated heterocycles. The molecule has 1 aromatic heterocycles. The molecule has 0 aliphatic rings. The van der Waals surface area contributed by atoms with E-state index in [0.29, 0.717) is 22.4 Å². The van der Waals surface area contributed by atoms with E-state index in [1.807, 2.05) is 49.4 Å². The Kier molecular flexibility index (Phi) is 7.68. The van der Waals surface area contributed by atoms with Crippen molar-refractivity contribution in [2.45, 2.75) is 13.3 Å². The zero-order valence-corrected chi connectivity index (χ0v) is 20.5. The number of halogens is 3. The Labute approximate surface area is 215 Å². The van der Waals surface area contributed by atoms with E-state index in [9.17, 15) is 13.2 Å². The number of benzene rings is 3. The van der Waals surface area contributed by atoms with Crippen LogP contribution in [0.3, 0.4) is 0 Å². The number of rotatable bonds is 7. The topological polar surface area (TPSA) is 85.6 Å². The van der Waals surface area contributed by atoms with Gasteiger partial charge in [-0.15, -0.1) is 18.3 Å². The molecule has 3 aromatic carbocycles. The lowest BCUT2D eigenvalue weighted by Gasteiger charge is -2.11.